The molecule has 0 saturated heterocycles. The molecule has 0 saturated carbocycles. The predicted octanol–water partition coefficient (Wildman–Crippen LogP) is 2.36. The van der Waals surface area contributed by atoms with Gasteiger partial charge >= 0.3 is 6.03 Å². The Hall–Kier alpha value is -1.93. The number of carbonyl (C=O) groups is 1. The van der Waals surface area contributed by atoms with Gasteiger partial charge in [0.1, 0.15) is 0 Å². The topological polar surface area (TPSA) is 49.7 Å². The van der Waals surface area contributed by atoms with Crippen LogP contribution in [-0.4, -0.2) is 18.7 Å². The van der Waals surface area contributed by atoms with Gasteiger partial charge in [-0.05, 0) is 18.6 Å². The minimum atomic E-state index is -0.571. The summed E-state index contributed by atoms with van der Waals surface area (Å²) >= 11 is 0. The fraction of sp³-hybridized carbons (Fsp3) is 0.273. The molecule has 0 bridgehead atoms. The average Bonchev–Trinajstić information content (AvgIpc) is 2.27. The number of nitrogens with zero attached hydrogens (tertiary/aromatic N) is 2. The van der Waals surface area contributed by atoms with E-state index < -0.39 is 6.03 Å². The molecule has 0 radical (unpaired) electrons. The van der Waals surface area contributed by atoms with Crippen molar-refractivity contribution in [2.45, 2.75) is 13.3 Å². The Kier molecular flexibility index (Phi) is 4.26. The minimum Gasteiger partial charge on any atom is -0.292 e. The second kappa shape index (κ2) is 5.73. The van der Waals surface area contributed by atoms with Crippen molar-refractivity contribution >= 4 is 17.8 Å². The fourth-order valence-electron chi connectivity index (χ4n) is 1.27. The lowest BCUT2D eigenvalue weighted by Crippen LogP contribution is -2.28. The quantitative estimate of drug-likeness (QED) is 0.560. The molecule has 1 rings (SSSR count). The Bertz CT molecular complexity index is 369. The van der Waals surface area contributed by atoms with Crippen LogP contribution in [0.1, 0.15) is 13.3 Å². The van der Waals surface area contributed by atoms with Crippen molar-refractivity contribution in [3.8, 4) is 0 Å². The van der Waals surface area contributed by atoms with Crippen molar-refractivity contribution in [3.63, 3.8) is 0 Å². The van der Waals surface area contributed by atoms with Crippen molar-refractivity contribution in [1.82, 2.24) is 0 Å². The Morgan fingerprint density at radius 1 is 1.40 bits per heavy atom. The van der Waals surface area contributed by atoms with Crippen molar-refractivity contribution in [3.05, 3.63) is 30.3 Å². The summed E-state index contributed by atoms with van der Waals surface area (Å²) in [7, 11) is 0. The number of anilines is 1. The minimum absolute atomic E-state index is 0.536. The highest BCUT2D eigenvalue weighted by atomic mass is 16.2. The molecule has 4 nitrogen and oxygen atoms in total. The van der Waals surface area contributed by atoms with Gasteiger partial charge < -0.3 is 0 Å². The highest BCUT2D eigenvalue weighted by Crippen LogP contribution is 2.14. The molecular weight excluding hydrogens is 192 g/mol. The Morgan fingerprint density at radius 3 is 2.60 bits per heavy atom. The van der Waals surface area contributed by atoms with Gasteiger partial charge in [0, 0.05) is 12.2 Å². The van der Waals surface area contributed by atoms with Gasteiger partial charge in [0.25, 0.3) is 0 Å². The zero-order valence-corrected chi connectivity index (χ0v) is 8.51. The maximum atomic E-state index is 11.4. The zero-order chi connectivity index (χ0) is 11.1. The number of carbonyl (C=O) groups excluding carboxylic acids is 2. The van der Waals surface area contributed by atoms with Gasteiger partial charge in [0.2, 0.25) is 6.08 Å². The largest absolute Gasteiger partial charge is 0.358 e. The standard InChI is InChI=1S/C11H12N2O2/c1-2-8-13(11(15)12-9-14)10-6-4-3-5-7-10/h3-7H,2,8H2,1H3. The first-order chi connectivity index (χ1) is 7.29. The first-order valence-electron chi connectivity index (χ1n) is 4.74. The SMILES string of the molecule is CCCN(C(=O)N=C=O)c1ccccc1. The molecule has 15 heavy (non-hydrogen) atoms. The lowest BCUT2D eigenvalue weighted by Gasteiger charge is -2.18. The van der Waals surface area contributed by atoms with Gasteiger partial charge in [0.05, 0.1) is 0 Å². The molecule has 1 aromatic carbocycles. The number of amides is 2. The van der Waals surface area contributed by atoms with Crippen LogP contribution in [0.3, 0.4) is 0 Å². The van der Waals surface area contributed by atoms with Crippen LogP contribution in [0, 0.1) is 0 Å². The number of aliphatic imine (C=N–C) groups is 1. The van der Waals surface area contributed by atoms with E-state index in [1.807, 2.05) is 25.1 Å². The first-order valence-corrected chi connectivity index (χ1v) is 4.74. The monoisotopic (exact) mass is 204 g/mol. The highest BCUT2D eigenvalue weighted by Gasteiger charge is 2.12. The van der Waals surface area contributed by atoms with E-state index in [1.54, 1.807) is 12.1 Å². The van der Waals surface area contributed by atoms with Gasteiger partial charge in [-0.2, -0.15) is 0 Å². The maximum Gasteiger partial charge on any atom is 0.358 e. The van der Waals surface area contributed by atoms with Crippen LogP contribution >= 0.6 is 0 Å². The van der Waals surface area contributed by atoms with Crippen LogP contribution in [0.2, 0.25) is 0 Å². The number of hydrogen-bond donors (Lipinski definition) is 0. The van der Waals surface area contributed by atoms with Crippen LogP contribution in [0.15, 0.2) is 35.3 Å². The summed E-state index contributed by atoms with van der Waals surface area (Å²) < 4.78 is 0. The van der Waals surface area contributed by atoms with E-state index in [2.05, 4.69) is 4.99 Å². The van der Waals surface area contributed by atoms with Crippen LogP contribution in [0.25, 0.3) is 0 Å². The molecule has 1 aromatic rings. The summed E-state index contributed by atoms with van der Waals surface area (Å²) in [6, 6.07) is 8.55. The van der Waals surface area contributed by atoms with Gasteiger partial charge in [0.15, 0.2) is 0 Å². The molecule has 0 heterocycles. The third-order valence-corrected chi connectivity index (χ3v) is 1.89. The smallest absolute Gasteiger partial charge is 0.292 e. The Labute approximate surface area is 88.2 Å². The molecule has 0 fully saturated rings. The molecule has 0 N–H and O–H groups in total. The van der Waals surface area contributed by atoms with E-state index in [1.165, 1.54) is 11.0 Å². The van der Waals surface area contributed by atoms with Gasteiger partial charge in [-0.1, -0.05) is 25.1 Å². The summed E-state index contributed by atoms with van der Waals surface area (Å²) in [6.07, 6.45) is 2.06. The number of benzene rings is 1. The summed E-state index contributed by atoms with van der Waals surface area (Å²) in [5.41, 5.74) is 0.739. The predicted molar refractivity (Wildman–Crippen MR) is 57.6 cm³/mol. The normalized spacial score (nSPS) is 9.13. The fourth-order valence-corrected chi connectivity index (χ4v) is 1.27. The van der Waals surface area contributed by atoms with Gasteiger partial charge in [-0.3, -0.25) is 4.90 Å². The van der Waals surface area contributed by atoms with E-state index >= 15 is 0 Å². The lowest BCUT2D eigenvalue weighted by atomic mass is 10.3. The Morgan fingerprint density at radius 2 is 2.07 bits per heavy atom. The van der Waals surface area contributed by atoms with Crippen molar-refractivity contribution in [1.29, 1.82) is 0 Å². The van der Waals surface area contributed by atoms with E-state index in [-0.39, 0.29) is 0 Å². The van der Waals surface area contributed by atoms with Crippen LogP contribution in [-0.2, 0) is 4.79 Å². The number of rotatable bonds is 3. The molecule has 0 unspecified atom stereocenters. The molecule has 0 aromatic heterocycles. The second-order valence-electron chi connectivity index (χ2n) is 2.97. The molecule has 2 amide bonds. The molecule has 0 aliphatic rings. The van der Waals surface area contributed by atoms with Gasteiger partial charge in [-0.25, -0.2) is 9.59 Å². The summed E-state index contributed by atoms with van der Waals surface area (Å²) in [5, 5.41) is 0. The third-order valence-electron chi connectivity index (χ3n) is 1.89. The third kappa shape index (κ3) is 3.04. The van der Waals surface area contributed by atoms with Crippen molar-refractivity contribution in [2.24, 2.45) is 4.99 Å². The van der Waals surface area contributed by atoms with Crippen molar-refractivity contribution < 1.29 is 9.59 Å². The Balaban J connectivity index is 2.92. The molecular formula is C11H12N2O2. The molecule has 0 spiro atoms. The summed E-state index contributed by atoms with van der Waals surface area (Å²) in [5.74, 6) is 0. The molecule has 4 heteroatoms. The summed E-state index contributed by atoms with van der Waals surface area (Å²) in [4.78, 5) is 26.0. The van der Waals surface area contributed by atoms with Crippen LogP contribution in [0.4, 0.5) is 10.5 Å². The van der Waals surface area contributed by atoms with Gasteiger partial charge in [-0.15, -0.1) is 4.99 Å². The second-order valence-corrected chi connectivity index (χ2v) is 2.97. The van der Waals surface area contributed by atoms with E-state index in [4.69, 9.17) is 0 Å². The van der Waals surface area contributed by atoms with E-state index in [0.29, 0.717) is 6.54 Å². The lowest BCUT2D eigenvalue weighted by molar-refractivity contribution is 0.254. The number of isocyanates is 1. The zero-order valence-electron chi connectivity index (χ0n) is 8.51. The van der Waals surface area contributed by atoms with E-state index in [0.717, 1.165) is 12.1 Å². The van der Waals surface area contributed by atoms with E-state index in [9.17, 15) is 9.59 Å². The first kappa shape index (κ1) is 11.1. The molecule has 78 valence electrons. The average molecular weight is 204 g/mol. The van der Waals surface area contributed by atoms with Crippen molar-refractivity contribution in [2.75, 3.05) is 11.4 Å². The molecule has 0 aliphatic heterocycles. The number of urea groups is 1. The molecule has 0 atom stereocenters. The highest BCUT2D eigenvalue weighted by molar-refractivity contribution is 5.94. The van der Waals surface area contributed by atoms with Crippen LogP contribution in [0.5, 0.6) is 0 Å². The molecule has 0 aliphatic carbocycles. The number of para-hydroxylation sites is 1. The van der Waals surface area contributed by atoms with Crippen LogP contribution < -0.4 is 4.90 Å². The number of hydrogen-bond acceptors (Lipinski definition) is 2. The maximum absolute atomic E-state index is 11.4. The summed E-state index contributed by atoms with van der Waals surface area (Å²) in [6.45, 7) is 2.49.